The molecule has 0 spiro atoms. The summed E-state index contributed by atoms with van der Waals surface area (Å²) in [5.74, 6) is -1.19. The van der Waals surface area contributed by atoms with E-state index in [2.05, 4.69) is 4.98 Å². The van der Waals surface area contributed by atoms with Gasteiger partial charge in [-0.25, -0.2) is 9.59 Å². The van der Waals surface area contributed by atoms with Crippen molar-refractivity contribution in [2.45, 2.75) is 34.1 Å². The highest BCUT2D eigenvalue weighted by atomic mass is 16.6. The van der Waals surface area contributed by atoms with Gasteiger partial charge < -0.3 is 19.2 Å². The van der Waals surface area contributed by atoms with Crippen LogP contribution in [0.15, 0.2) is 24.3 Å². The number of hydrogen-bond donors (Lipinski definition) is 1. The fourth-order valence-corrected chi connectivity index (χ4v) is 2.81. The van der Waals surface area contributed by atoms with Gasteiger partial charge in [-0.15, -0.1) is 0 Å². The van der Waals surface area contributed by atoms with Gasteiger partial charge in [0.05, 0.1) is 17.7 Å². The van der Waals surface area contributed by atoms with Gasteiger partial charge in [0.2, 0.25) is 5.78 Å². The Morgan fingerprint density at radius 1 is 0.893 bits per heavy atom. The second kappa shape index (κ2) is 9.73. The fraction of sp³-hybridized carbons (Fsp3) is 0.381. The summed E-state index contributed by atoms with van der Waals surface area (Å²) in [6.45, 7) is 6.49. The lowest BCUT2D eigenvalue weighted by molar-refractivity contribution is -0.144. The molecule has 0 aliphatic carbocycles. The minimum Gasteiger partial charge on any atom is -0.482 e. The molecule has 7 heteroatoms. The van der Waals surface area contributed by atoms with Gasteiger partial charge in [-0.1, -0.05) is 19.1 Å². The Bertz CT molecular complexity index is 851. The summed E-state index contributed by atoms with van der Waals surface area (Å²) in [4.78, 5) is 39.5. The number of nitrogens with one attached hydrogen (secondary N) is 1. The molecule has 0 aliphatic heterocycles. The lowest BCUT2D eigenvalue weighted by Gasteiger charge is -2.08. The Hall–Kier alpha value is -3.09. The second-order valence-electron chi connectivity index (χ2n) is 6.22. The van der Waals surface area contributed by atoms with Crippen molar-refractivity contribution >= 4 is 17.7 Å². The lowest BCUT2D eigenvalue weighted by atomic mass is 10.1. The van der Waals surface area contributed by atoms with Gasteiger partial charge >= 0.3 is 11.9 Å². The van der Waals surface area contributed by atoms with E-state index in [1.54, 1.807) is 32.9 Å². The molecule has 28 heavy (non-hydrogen) atoms. The minimum absolute atomic E-state index is 0.174. The number of rotatable bonds is 9. The van der Waals surface area contributed by atoms with Crippen molar-refractivity contribution in [1.82, 2.24) is 4.98 Å². The summed E-state index contributed by atoms with van der Waals surface area (Å²) in [7, 11) is 0. The van der Waals surface area contributed by atoms with E-state index in [0.29, 0.717) is 17.1 Å². The first-order chi connectivity index (χ1) is 13.4. The zero-order valence-electron chi connectivity index (χ0n) is 16.6. The summed E-state index contributed by atoms with van der Waals surface area (Å²) >= 11 is 0. The maximum atomic E-state index is 12.5. The van der Waals surface area contributed by atoms with Gasteiger partial charge in [-0.2, -0.15) is 0 Å². The summed E-state index contributed by atoms with van der Waals surface area (Å²) in [5, 5.41) is 0. The van der Waals surface area contributed by atoms with Gasteiger partial charge in [-0.05, 0) is 44.9 Å². The first-order valence-electron chi connectivity index (χ1n) is 9.14. The molecule has 150 valence electrons. The van der Waals surface area contributed by atoms with Crippen LogP contribution in [0.4, 0.5) is 0 Å². The molecule has 1 N–H and O–H groups in total. The van der Waals surface area contributed by atoms with E-state index in [1.807, 2.05) is 19.1 Å². The van der Waals surface area contributed by atoms with Crippen molar-refractivity contribution in [2.24, 2.45) is 0 Å². The number of carbonyl (C=O) groups excluding carboxylic acids is 3. The van der Waals surface area contributed by atoms with Crippen LogP contribution in [0.5, 0.6) is 5.75 Å². The zero-order valence-corrected chi connectivity index (χ0v) is 16.6. The van der Waals surface area contributed by atoms with Crippen molar-refractivity contribution in [3.8, 4) is 5.75 Å². The van der Waals surface area contributed by atoms with Crippen LogP contribution in [0.25, 0.3) is 0 Å². The number of esters is 2. The SMILES string of the molecule is CCOC(=O)c1c(C)[nH]c(C)c1C(=O)COC(=O)COc1ccc(CC)cc1. The monoisotopic (exact) mass is 387 g/mol. The highest BCUT2D eigenvalue weighted by Crippen LogP contribution is 2.20. The first-order valence-corrected chi connectivity index (χ1v) is 9.14. The Morgan fingerprint density at radius 2 is 1.54 bits per heavy atom. The van der Waals surface area contributed by atoms with Crippen LogP contribution in [0.1, 0.15) is 51.5 Å². The van der Waals surface area contributed by atoms with Crippen LogP contribution in [0.3, 0.4) is 0 Å². The predicted molar refractivity (Wildman–Crippen MR) is 103 cm³/mol. The normalized spacial score (nSPS) is 10.4. The molecule has 0 atom stereocenters. The molecular weight excluding hydrogens is 362 g/mol. The molecule has 0 unspecified atom stereocenters. The van der Waals surface area contributed by atoms with E-state index in [0.717, 1.165) is 12.0 Å². The summed E-state index contributed by atoms with van der Waals surface area (Å²) in [6, 6.07) is 7.37. The Balaban J connectivity index is 1.94. The maximum absolute atomic E-state index is 12.5. The van der Waals surface area contributed by atoms with Gasteiger partial charge in [0.25, 0.3) is 0 Å². The number of aryl methyl sites for hydroxylation is 3. The first kappa shape index (κ1) is 21.2. The standard InChI is InChI=1S/C21H25NO6/c1-5-15-7-9-16(10-8-15)27-12-18(24)28-11-17(23)19-13(3)22-14(4)20(19)21(25)26-6-2/h7-10,22H,5-6,11-12H2,1-4H3. The molecule has 2 rings (SSSR count). The Labute approximate surface area is 164 Å². The number of carbonyl (C=O) groups is 3. The van der Waals surface area contributed by atoms with E-state index in [4.69, 9.17) is 14.2 Å². The highest BCUT2D eigenvalue weighted by Gasteiger charge is 2.26. The number of ketones is 1. The van der Waals surface area contributed by atoms with E-state index in [9.17, 15) is 14.4 Å². The quantitative estimate of drug-likeness (QED) is 0.525. The molecule has 0 amide bonds. The molecule has 2 aromatic rings. The fourth-order valence-electron chi connectivity index (χ4n) is 2.81. The molecule has 0 aliphatic rings. The third-order valence-electron chi connectivity index (χ3n) is 4.19. The van der Waals surface area contributed by atoms with Crippen molar-refractivity contribution in [2.75, 3.05) is 19.8 Å². The molecular formula is C21H25NO6. The third-order valence-corrected chi connectivity index (χ3v) is 4.19. The van der Waals surface area contributed by atoms with Gasteiger partial charge in [0.15, 0.2) is 13.2 Å². The average Bonchev–Trinajstić information content (AvgIpc) is 2.99. The number of H-pyrrole nitrogens is 1. The minimum atomic E-state index is -0.671. The van der Waals surface area contributed by atoms with E-state index in [1.165, 1.54) is 0 Å². The number of aromatic nitrogens is 1. The van der Waals surface area contributed by atoms with E-state index in [-0.39, 0.29) is 24.3 Å². The highest BCUT2D eigenvalue weighted by molar-refractivity contribution is 6.09. The molecule has 0 radical (unpaired) electrons. The number of aromatic amines is 1. The molecule has 7 nitrogen and oxygen atoms in total. The maximum Gasteiger partial charge on any atom is 0.344 e. The topological polar surface area (TPSA) is 94.7 Å². The second-order valence-corrected chi connectivity index (χ2v) is 6.22. The largest absolute Gasteiger partial charge is 0.482 e. The van der Waals surface area contributed by atoms with Crippen LogP contribution in [-0.4, -0.2) is 42.5 Å². The predicted octanol–water partition coefficient (Wildman–Crippen LogP) is 3.18. The average molecular weight is 387 g/mol. The van der Waals surface area contributed by atoms with Crippen molar-refractivity contribution in [3.05, 3.63) is 52.3 Å². The summed E-state index contributed by atoms with van der Waals surface area (Å²) < 4.78 is 15.4. The number of ether oxygens (including phenoxy) is 3. The van der Waals surface area contributed by atoms with Gasteiger partial charge in [0.1, 0.15) is 5.75 Å². The molecule has 0 bridgehead atoms. The number of Topliss-reactive ketones (excluding diaryl/α,β-unsaturated/α-hetero) is 1. The zero-order chi connectivity index (χ0) is 20.7. The molecule has 0 saturated heterocycles. The molecule has 1 aromatic heterocycles. The van der Waals surface area contributed by atoms with E-state index < -0.39 is 24.3 Å². The molecule has 1 aromatic carbocycles. The van der Waals surface area contributed by atoms with Crippen molar-refractivity contribution < 1.29 is 28.6 Å². The van der Waals surface area contributed by atoms with Gasteiger partial charge in [-0.3, -0.25) is 4.79 Å². The smallest absolute Gasteiger partial charge is 0.344 e. The van der Waals surface area contributed by atoms with Crippen molar-refractivity contribution in [3.63, 3.8) is 0 Å². The third kappa shape index (κ3) is 5.22. The van der Waals surface area contributed by atoms with Crippen LogP contribution in [0.2, 0.25) is 0 Å². The van der Waals surface area contributed by atoms with Crippen LogP contribution >= 0.6 is 0 Å². The van der Waals surface area contributed by atoms with Crippen molar-refractivity contribution in [1.29, 1.82) is 0 Å². The van der Waals surface area contributed by atoms with E-state index >= 15 is 0 Å². The molecule has 1 heterocycles. The number of benzene rings is 1. The number of hydrogen-bond acceptors (Lipinski definition) is 6. The molecule has 0 saturated carbocycles. The Kier molecular flexibility index (Phi) is 7.37. The van der Waals surface area contributed by atoms with Crippen LogP contribution in [0, 0.1) is 13.8 Å². The Morgan fingerprint density at radius 3 is 2.14 bits per heavy atom. The van der Waals surface area contributed by atoms with Crippen LogP contribution < -0.4 is 4.74 Å². The summed E-state index contributed by atoms with van der Waals surface area (Å²) in [5.41, 5.74) is 2.57. The summed E-state index contributed by atoms with van der Waals surface area (Å²) in [6.07, 6.45) is 0.913. The van der Waals surface area contributed by atoms with Crippen LogP contribution in [-0.2, 0) is 20.7 Å². The lowest BCUT2D eigenvalue weighted by Crippen LogP contribution is -2.21. The van der Waals surface area contributed by atoms with Gasteiger partial charge in [0, 0.05) is 11.4 Å². The molecule has 0 fully saturated rings.